The van der Waals surface area contributed by atoms with Crippen LogP contribution in [0.4, 0.5) is 11.6 Å². The Kier molecular flexibility index (Phi) is 6.26. The Morgan fingerprint density at radius 3 is 2.71 bits per heavy atom. The molecule has 0 unspecified atom stereocenters. The zero-order valence-corrected chi connectivity index (χ0v) is 14.6. The highest BCUT2D eigenvalue weighted by atomic mass is 16.5. The van der Waals surface area contributed by atoms with Gasteiger partial charge in [-0.1, -0.05) is 12.1 Å². The summed E-state index contributed by atoms with van der Waals surface area (Å²) in [6.07, 6.45) is 0.764. The second-order valence-electron chi connectivity index (χ2n) is 5.76. The summed E-state index contributed by atoms with van der Waals surface area (Å²) in [6.45, 7) is 7.05. The molecule has 1 heterocycles. The van der Waals surface area contributed by atoms with Gasteiger partial charge in [-0.05, 0) is 50.5 Å². The molecule has 0 saturated heterocycles. The SMILES string of the molecule is COCCCNC(=O)c1cc(C)nc(Nc2cc(C)ccc2C)n1. The summed E-state index contributed by atoms with van der Waals surface area (Å²) < 4.78 is 4.97. The fraction of sp³-hybridized carbons (Fsp3) is 0.389. The second-order valence-corrected chi connectivity index (χ2v) is 5.76. The smallest absolute Gasteiger partial charge is 0.270 e. The van der Waals surface area contributed by atoms with Gasteiger partial charge in [0.25, 0.3) is 5.91 Å². The number of aromatic nitrogens is 2. The van der Waals surface area contributed by atoms with Crippen LogP contribution >= 0.6 is 0 Å². The number of carbonyl (C=O) groups is 1. The monoisotopic (exact) mass is 328 g/mol. The van der Waals surface area contributed by atoms with Gasteiger partial charge in [0, 0.05) is 31.6 Å². The highest BCUT2D eigenvalue weighted by Gasteiger charge is 2.11. The zero-order valence-electron chi connectivity index (χ0n) is 14.6. The Morgan fingerprint density at radius 1 is 1.17 bits per heavy atom. The van der Waals surface area contributed by atoms with Gasteiger partial charge in [-0.3, -0.25) is 4.79 Å². The Balaban J connectivity index is 2.13. The molecule has 0 saturated carbocycles. The number of anilines is 2. The van der Waals surface area contributed by atoms with E-state index in [1.165, 1.54) is 0 Å². The average Bonchev–Trinajstić information content (AvgIpc) is 2.54. The van der Waals surface area contributed by atoms with Crippen molar-refractivity contribution in [2.45, 2.75) is 27.2 Å². The van der Waals surface area contributed by atoms with Crippen molar-refractivity contribution in [3.05, 3.63) is 46.8 Å². The van der Waals surface area contributed by atoms with Crippen LogP contribution < -0.4 is 10.6 Å². The summed E-state index contributed by atoms with van der Waals surface area (Å²) in [6, 6.07) is 7.80. The van der Waals surface area contributed by atoms with Gasteiger partial charge in [0.05, 0.1) is 0 Å². The number of nitrogens with one attached hydrogen (secondary N) is 2. The number of nitrogens with zero attached hydrogens (tertiary/aromatic N) is 2. The standard InChI is InChI=1S/C18H24N4O2/c1-12-6-7-13(2)15(10-12)21-18-20-14(3)11-16(22-18)17(23)19-8-5-9-24-4/h6-7,10-11H,5,8-9H2,1-4H3,(H,19,23)(H,20,21,22). The van der Waals surface area contributed by atoms with Crippen LogP contribution in [0.25, 0.3) is 0 Å². The van der Waals surface area contributed by atoms with E-state index in [-0.39, 0.29) is 5.91 Å². The van der Waals surface area contributed by atoms with E-state index in [9.17, 15) is 4.79 Å². The van der Waals surface area contributed by atoms with Gasteiger partial charge in [-0.15, -0.1) is 0 Å². The number of ether oxygens (including phenoxy) is 1. The van der Waals surface area contributed by atoms with E-state index in [1.807, 2.05) is 32.9 Å². The van der Waals surface area contributed by atoms with Gasteiger partial charge in [0.15, 0.2) is 0 Å². The fourth-order valence-electron chi connectivity index (χ4n) is 2.24. The number of rotatable bonds is 7. The normalized spacial score (nSPS) is 10.5. The molecule has 0 aliphatic heterocycles. The zero-order chi connectivity index (χ0) is 17.5. The molecule has 0 radical (unpaired) electrons. The largest absolute Gasteiger partial charge is 0.385 e. The summed E-state index contributed by atoms with van der Waals surface area (Å²) in [7, 11) is 1.64. The average molecular weight is 328 g/mol. The lowest BCUT2D eigenvalue weighted by molar-refractivity contribution is 0.0943. The summed E-state index contributed by atoms with van der Waals surface area (Å²) in [5.41, 5.74) is 4.27. The van der Waals surface area contributed by atoms with Crippen molar-refractivity contribution < 1.29 is 9.53 Å². The van der Waals surface area contributed by atoms with Crippen molar-refractivity contribution in [2.75, 3.05) is 25.6 Å². The third kappa shape index (κ3) is 5.03. The van der Waals surface area contributed by atoms with E-state index in [0.29, 0.717) is 24.8 Å². The number of methoxy groups -OCH3 is 1. The van der Waals surface area contributed by atoms with Crippen LogP contribution in [-0.4, -0.2) is 36.1 Å². The van der Waals surface area contributed by atoms with E-state index in [0.717, 1.165) is 28.9 Å². The Morgan fingerprint density at radius 2 is 1.96 bits per heavy atom. The van der Waals surface area contributed by atoms with Crippen molar-refractivity contribution >= 4 is 17.5 Å². The van der Waals surface area contributed by atoms with Crippen LogP contribution in [0.5, 0.6) is 0 Å². The Bertz CT molecular complexity index is 716. The molecule has 0 bridgehead atoms. The molecule has 0 fully saturated rings. The van der Waals surface area contributed by atoms with Crippen LogP contribution in [-0.2, 0) is 4.74 Å². The van der Waals surface area contributed by atoms with Crippen LogP contribution in [0, 0.1) is 20.8 Å². The quantitative estimate of drug-likeness (QED) is 0.764. The number of amides is 1. The lowest BCUT2D eigenvalue weighted by Gasteiger charge is -2.11. The van der Waals surface area contributed by atoms with E-state index >= 15 is 0 Å². The third-order valence-electron chi connectivity index (χ3n) is 3.54. The molecule has 0 spiro atoms. The number of aryl methyl sites for hydroxylation is 3. The molecule has 1 aromatic heterocycles. The maximum absolute atomic E-state index is 12.2. The molecular weight excluding hydrogens is 304 g/mol. The maximum Gasteiger partial charge on any atom is 0.270 e. The minimum Gasteiger partial charge on any atom is -0.385 e. The molecule has 0 aliphatic rings. The second kappa shape index (κ2) is 8.40. The van der Waals surface area contributed by atoms with Crippen molar-refractivity contribution in [1.82, 2.24) is 15.3 Å². The fourth-order valence-corrected chi connectivity index (χ4v) is 2.24. The lowest BCUT2D eigenvalue weighted by atomic mass is 10.1. The molecule has 6 nitrogen and oxygen atoms in total. The molecule has 6 heteroatoms. The molecular formula is C18H24N4O2. The summed E-state index contributed by atoms with van der Waals surface area (Å²) in [4.78, 5) is 20.9. The Hall–Kier alpha value is -2.47. The highest BCUT2D eigenvalue weighted by Crippen LogP contribution is 2.20. The first-order chi connectivity index (χ1) is 11.5. The molecule has 0 atom stereocenters. The van der Waals surface area contributed by atoms with Crippen LogP contribution in [0.15, 0.2) is 24.3 Å². The molecule has 128 valence electrons. The summed E-state index contributed by atoms with van der Waals surface area (Å²) >= 11 is 0. The Labute approximate surface area is 142 Å². The van der Waals surface area contributed by atoms with E-state index in [1.54, 1.807) is 13.2 Å². The van der Waals surface area contributed by atoms with Crippen LogP contribution in [0.1, 0.15) is 33.7 Å². The molecule has 0 aliphatic carbocycles. The van der Waals surface area contributed by atoms with Gasteiger partial charge in [-0.2, -0.15) is 0 Å². The summed E-state index contributed by atoms with van der Waals surface area (Å²) in [5, 5.41) is 6.04. The minimum atomic E-state index is -0.208. The predicted molar refractivity (Wildman–Crippen MR) is 94.8 cm³/mol. The van der Waals surface area contributed by atoms with Gasteiger partial charge < -0.3 is 15.4 Å². The molecule has 2 N–H and O–H groups in total. The first kappa shape index (κ1) is 17.9. The maximum atomic E-state index is 12.2. The van der Waals surface area contributed by atoms with Gasteiger partial charge in [-0.25, -0.2) is 9.97 Å². The van der Waals surface area contributed by atoms with Crippen molar-refractivity contribution in [3.63, 3.8) is 0 Å². The van der Waals surface area contributed by atoms with Crippen molar-refractivity contribution in [2.24, 2.45) is 0 Å². The molecule has 2 rings (SSSR count). The number of carbonyl (C=O) groups excluding carboxylic acids is 1. The first-order valence-corrected chi connectivity index (χ1v) is 7.96. The first-order valence-electron chi connectivity index (χ1n) is 7.96. The molecule has 1 aromatic carbocycles. The van der Waals surface area contributed by atoms with Crippen molar-refractivity contribution in [3.8, 4) is 0 Å². The highest BCUT2D eigenvalue weighted by molar-refractivity contribution is 5.92. The molecule has 1 amide bonds. The van der Waals surface area contributed by atoms with Crippen LogP contribution in [0.3, 0.4) is 0 Å². The lowest BCUT2D eigenvalue weighted by Crippen LogP contribution is -2.26. The van der Waals surface area contributed by atoms with Gasteiger partial charge in [0.1, 0.15) is 5.69 Å². The molecule has 2 aromatic rings. The van der Waals surface area contributed by atoms with Crippen LogP contribution in [0.2, 0.25) is 0 Å². The summed E-state index contributed by atoms with van der Waals surface area (Å²) in [5.74, 6) is 0.214. The minimum absolute atomic E-state index is 0.208. The van der Waals surface area contributed by atoms with E-state index in [2.05, 4.69) is 26.7 Å². The predicted octanol–water partition coefficient (Wildman–Crippen LogP) is 2.91. The number of benzene rings is 1. The van der Waals surface area contributed by atoms with E-state index < -0.39 is 0 Å². The molecule has 24 heavy (non-hydrogen) atoms. The number of hydrogen-bond acceptors (Lipinski definition) is 5. The van der Waals surface area contributed by atoms with Gasteiger partial charge in [0.2, 0.25) is 5.95 Å². The van der Waals surface area contributed by atoms with E-state index in [4.69, 9.17) is 4.74 Å². The van der Waals surface area contributed by atoms with Crippen molar-refractivity contribution in [1.29, 1.82) is 0 Å². The topological polar surface area (TPSA) is 76.1 Å². The third-order valence-corrected chi connectivity index (χ3v) is 3.54. The van der Waals surface area contributed by atoms with Gasteiger partial charge >= 0.3 is 0 Å². The number of hydrogen-bond donors (Lipinski definition) is 2.